The zero-order valence-corrected chi connectivity index (χ0v) is 14.8. The van der Waals surface area contributed by atoms with Crippen molar-refractivity contribution in [3.8, 4) is 0 Å². The summed E-state index contributed by atoms with van der Waals surface area (Å²) in [6, 6.07) is 6.62. The van der Waals surface area contributed by atoms with Crippen molar-refractivity contribution in [2.24, 2.45) is 0 Å². The molecule has 2 aromatic rings. The number of oxazole rings is 1. The van der Waals surface area contributed by atoms with Crippen LogP contribution < -0.4 is 5.32 Å². The Labute approximate surface area is 143 Å². The Kier molecular flexibility index (Phi) is 4.35. The second kappa shape index (κ2) is 6.30. The summed E-state index contributed by atoms with van der Waals surface area (Å²) in [5, 5.41) is 2.94. The smallest absolute Gasteiger partial charge is 0.318 e. The molecule has 1 aromatic carbocycles. The van der Waals surface area contributed by atoms with Gasteiger partial charge >= 0.3 is 6.03 Å². The van der Waals surface area contributed by atoms with Crippen LogP contribution >= 0.6 is 0 Å². The fraction of sp³-hybridized carbons (Fsp3) is 0.474. The Morgan fingerprint density at radius 2 is 2.12 bits per heavy atom. The number of aryl methyl sites for hydroxylation is 1. The van der Waals surface area contributed by atoms with E-state index in [1.165, 1.54) is 23.1 Å². The monoisotopic (exact) mass is 327 g/mol. The maximum Gasteiger partial charge on any atom is 0.318 e. The van der Waals surface area contributed by atoms with Gasteiger partial charge < -0.3 is 14.6 Å². The molecule has 128 valence electrons. The molecule has 24 heavy (non-hydrogen) atoms. The molecule has 3 rings (SSSR count). The van der Waals surface area contributed by atoms with Crippen molar-refractivity contribution in [3.63, 3.8) is 0 Å². The topological polar surface area (TPSA) is 58.4 Å². The fourth-order valence-electron chi connectivity index (χ4n) is 2.97. The van der Waals surface area contributed by atoms with Crippen LogP contribution in [0.3, 0.4) is 0 Å². The summed E-state index contributed by atoms with van der Waals surface area (Å²) in [4.78, 5) is 18.4. The molecule has 1 aliphatic heterocycles. The number of nitrogens with zero attached hydrogens (tertiary/aromatic N) is 2. The number of hydrogen-bond acceptors (Lipinski definition) is 3. The molecule has 0 radical (unpaired) electrons. The van der Waals surface area contributed by atoms with Crippen molar-refractivity contribution in [1.82, 2.24) is 15.2 Å². The van der Waals surface area contributed by atoms with Crippen LogP contribution in [0.5, 0.6) is 0 Å². The summed E-state index contributed by atoms with van der Waals surface area (Å²) in [6.45, 7) is 10.3. The molecule has 0 spiro atoms. The zero-order chi connectivity index (χ0) is 17.3. The molecule has 0 saturated heterocycles. The van der Waals surface area contributed by atoms with E-state index in [1.54, 1.807) is 0 Å². The van der Waals surface area contributed by atoms with E-state index < -0.39 is 0 Å². The summed E-state index contributed by atoms with van der Waals surface area (Å²) in [6.07, 6.45) is 2.30. The maximum absolute atomic E-state index is 12.5. The third-order valence-electron chi connectivity index (χ3n) is 4.62. The van der Waals surface area contributed by atoms with E-state index in [0.29, 0.717) is 13.1 Å². The van der Waals surface area contributed by atoms with Crippen LogP contribution in [0.1, 0.15) is 48.9 Å². The van der Waals surface area contributed by atoms with Gasteiger partial charge in [-0.15, -0.1) is 0 Å². The van der Waals surface area contributed by atoms with Gasteiger partial charge in [-0.25, -0.2) is 9.78 Å². The molecule has 2 heterocycles. The maximum atomic E-state index is 12.5. The third kappa shape index (κ3) is 3.45. The first-order chi connectivity index (χ1) is 11.3. The van der Waals surface area contributed by atoms with Gasteiger partial charge in [0.25, 0.3) is 0 Å². The SMILES string of the molecule is Cc1ocnc1CNC(=O)N1CCc2ccc(C(C)(C)C)cc2C1. The van der Waals surface area contributed by atoms with Crippen molar-refractivity contribution in [1.29, 1.82) is 0 Å². The number of aromatic nitrogens is 1. The van der Waals surface area contributed by atoms with Gasteiger partial charge in [-0.2, -0.15) is 0 Å². The first-order valence-electron chi connectivity index (χ1n) is 8.38. The predicted molar refractivity (Wildman–Crippen MR) is 92.7 cm³/mol. The van der Waals surface area contributed by atoms with Gasteiger partial charge in [-0.05, 0) is 35.4 Å². The second-order valence-electron chi connectivity index (χ2n) is 7.42. The molecule has 0 saturated carbocycles. The van der Waals surface area contributed by atoms with E-state index >= 15 is 0 Å². The van der Waals surface area contributed by atoms with Gasteiger partial charge in [0.05, 0.1) is 6.54 Å². The number of hydrogen-bond donors (Lipinski definition) is 1. The Morgan fingerprint density at radius 3 is 2.79 bits per heavy atom. The van der Waals surface area contributed by atoms with E-state index in [4.69, 9.17) is 4.42 Å². The molecule has 0 fully saturated rings. The van der Waals surface area contributed by atoms with Crippen LogP contribution in [-0.2, 0) is 24.9 Å². The highest BCUT2D eigenvalue weighted by Crippen LogP contribution is 2.27. The summed E-state index contributed by atoms with van der Waals surface area (Å²) in [5.74, 6) is 0.745. The van der Waals surface area contributed by atoms with Crippen LogP contribution in [0.25, 0.3) is 0 Å². The Balaban J connectivity index is 1.67. The average molecular weight is 327 g/mol. The van der Waals surface area contributed by atoms with Crippen LogP contribution in [0.2, 0.25) is 0 Å². The lowest BCUT2D eigenvalue weighted by atomic mass is 9.84. The van der Waals surface area contributed by atoms with E-state index in [0.717, 1.165) is 24.4 Å². The fourth-order valence-corrected chi connectivity index (χ4v) is 2.97. The molecular formula is C19H25N3O2. The molecule has 0 unspecified atom stereocenters. The van der Waals surface area contributed by atoms with Crippen molar-refractivity contribution < 1.29 is 9.21 Å². The van der Waals surface area contributed by atoms with E-state index in [2.05, 4.69) is 49.3 Å². The standard InChI is InChI=1S/C19H25N3O2/c1-13-17(21-12-24-13)10-20-18(23)22-8-7-14-5-6-16(19(2,3)4)9-15(14)11-22/h5-6,9,12H,7-8,10-11H2,1-4H3,(H,20,23). The highest BCUT2D eigenvalue weighted by atomic mass is 16.3. The number of urea groups is 1. The van der Waals surface area contributed by atoms with Gasteiger partial charge in [0.2, 0.25) is 0 Å². The lowest BCUT2D eigenvalue weighted by molar-refractivity contribution is 0.191. The number of amides is 2. The minimum absolute atomic E-state index is 0.0517. The summed E-state index contributed by atoms with van der Waals surface area (Å²) in [5.41, 5.74) is 4.79. The quantitative estimate of drug-likeness (QED) is 0.917. The molecule has 5 heteroatoms. The van der Waals surface area contributed by atoms with Crippen LogP contribution in [-0.4, -0.2) is 22.5 Å². The molecule has 5 nitrogen and oxygen atoms in total. The van der Waals surface area contributed by atoms with E-state index in [9.17, 15) is 4.79 Å². The number of rotatable bonds is 2. The van der Waals surface area contributed by atoms with Gasteiger partial charge in [-0.1, -0.05) is 39.0 Å². The molecule has 1 aliphatic rings. The number of nitrogens with one attached hydrogen (secondary N) is 1. The van der Waals surface area contributed by atoms with Crippen molar-refractivity contribution in [3.05, 3.63) is 52.7 Å². The first kappa shape index (κ1) is 16.6. The summed E-state index contributed by atoms with van der Waals surface area (Å²) < 4.78 is 5.16. The Bertz CT molecular complexity index is 743. The minimum Gasteiger partial charge on any atom is -0.448 e. The lowest BCUT2D eigenvalue weighted by Gasteiger charge is -2.30. The zero-order valence-electron chi connectivity index (χ0n) is 14.8. The lowest BCUT2D eigenvalue weighted by Crippen LogP contribution is -2.42. The van der Waals surface area contributed by atoms with Crippen LogP contribution in [0, 0.1) is 6.92 Å². The van der Waals surface area contributed by atoms with Crippen LogP contribution in [0.4, 0.5) is 4.79 Å². The molecule has 0 bridgehead atoms. The molecule has 1 N–H and O–H groups in total. The number of benzene rings is 1. The van der Waals surface area contributed by atoms with Gasteiger partial charge in [0, 0.05) is 13.1 Å². The Morgan fingerprint density at radius 1 is 1.33 bits per heavy atom. The normalized spacial score (nSPS) is 14.4. The van der Waals surface area contributed by atoms with Crippen LogP contribution in [0.15, 0.2) is 29.0 Å². The highest BCUT2D eigenvalue weighted by molar-refractivity contribution is 5.74. The predicted octanol–water partition coefficient (Wildman–Crippen LogP) is 3.55. The Hall–Kier alpha value is -2.30. The van der Waals surface area contributed by atoms with Gasteiger partial charge in [0.1, 0.15) is 11.5 Å². The van der Waals surface area contributed by atoms with Crippen molar-refractivity contribution >= 4 is 6.03 Å². The largest absolute Gasteiger partial charge is 0.448 e. The highest BCUT2D eigenvalue weighted by Gasteiger charge is 2.23. The van der Waals surface area contributed by atoms with E-state index in [1.807, 2.05) is 11.8 Å². The minimum atomic E-state index is -0.0517. The molecular weight excluding hydrogens is 302 g/mol. The summed E-state index contributed by atoms with van der Waals surface area (Å²) in [7, 11) is 0. The van der Waals surface area contributed by atoms with Crippen molar-refractivity contribution in [2.75, 3.05) is 6.54 Å². The van der Waals surface area contributed by atoms with Crippen molar-refractivity contribution in [2.45, 2.75) is 52.6 Å². The summed E-state index contributed by atoms with van der Waals surface area (Å²) >= 11 is 0. The van der Waals surface area contributed by atoms with E-state index in [-0.39, 0.29) is 11.4 Å². The van der Waals surface area contributed by atoms with Gasteiger partial charge in [0.15, 0.2) is 6.39 Å². The molecule has 0 atom stereocenters. The second-order valence-corrected chi connectivity index (χ2v) is 7.42. The molecule has 0 aliphatic carbocycles. The third-order valence-corrected chi connectivity index (χ3v) is 4.62. The number of fused-ring (bicyclic) bond motifs is 1. The first-order valence-corrected chi connectivity index (χ1v) is 8.38. The number of carbonyl (C=O) groups excluding carboxylic acids is 1. The average Bonchev–Trinajstić information content (AvgIpc) is 2.95. The van der Waals surface area contributed by atoms with Gasteiger partial charge in [-0.3, -0.25) is 0 Å². The molecule has 1 aromatic heterocycles. The number of carbonyl (C=O) groups is 1. The molecule has 2 amide bonds.